The number of phenolic OH excluding ortho intramolecular Hbond substituents is 1. The van der Waals surface area contributed by atoms with Crippen LogP contribution in [-0.4, -0.2) is 5.11 Å². The topological polar surface area (TPSA) is 32.3 Å². The molecule has 0 amide bonds. The Hall–Kier alpha value is -1.70. The fraction of sp³-hybridized carbons (Fsp3) is 0.333. The molecule has 0 fully saturated rings. The molecular formula is C15H21NO. The first-order valence-corrected chi connectivity index (χ1v) is 5.98. The Morgan fingerprint density at radius 3 is 2.65 bits per heavy atom. The number of aryl methyl sites for hydroxylation is 1. The summed E-state index contributed by atoms with van der Waals surface area (Å²) in [6, 6.07) is 7.38. The third-order valence-corrected chi connectivity index (χ3v) is 2.83. The average molecular weight is 231 g/mol. The molecule has 0 aromatic heterocycles. The Morgan fingerprint density at radius 2 is 2.06 bits per heavy atom. The fourth-order valence-electron chi connectivity index (χ4n) is 1.55. The molecule has 0 aliphatic rings. The van der Waals surface area contributed by atoms with Crippen LogP contribution in [0.15, 0.2) is 48.8 Å². The number of hydrogen-bond acceptors (Lipinski definition) is 2. The molecule has 1 aromatic carbocycles. The Morgan fingerprint density at radius 1 is 1.41 bits per heavy atom. The molecule has 0 aliphatic carbocycles. The first-order chi connectivity index (χ1) is 8.13. The highest BCUT2D eigenvalue weighted by Crippen LogP contribution is 2.16. The van der Waals surface area contributed by atoms with E-state index < -0.39 is 0 Å². The van der Waals surface area contributed by atoms with Gasteiger partial charge in [0.15, 0.2) is 0 Å². The SMILES string of the molecule is C=C(N/C=C\C)[C@@H](C)CCc1ccc(O)cc1. The van der Waals surface area contributed by atoms with Gasteiger partial charge in [-0.2, -0.15) is 0 Å². The van der Waals surface area contributed by atoms with Crippen molar-refractivity contribution in [3.8, 4) is 5.75 Å². The summed E-state index contributed by atoms with van der Waals surface area (Å²) in [7, 11) is 0. The van der Waals surface area contributed by atoms with Crippen molar-refractivity contribution in [2.24, 2.45) is 5.92 Å². The Kier molecular flexibility index (Phi) is 5.34. The molecule has 17 heavy (non-hydrogen) atoms. The van der Waals surface area contributed by atoms with Crippen LogP contribution in [0, 0.1) is 5.92 Å². The molecule has 0 radical (unpaired) electrons. The second kappa shape index (κ2) is 6.79. The molecule has 0 bridgehead atoms. The third-order valence-electron chi connectivity index (χ3n) is 2.83. The minimum absolute atomic E-state index is 0.320. The summed E-state index contributed by atoms with van der Waals surface area (Å²) >= 11 is 0. The maximum Gasteiger partial charge on any atom is 0.115 e. The smallest absolute Gasteiger partial charge is 0.115 e. The van der Waals surface area contributed by atoms with Gasteiger partial charge in [0.2, 0.25) is 0 Å². The Balaban J connectivity index is 2.39. The number of benzene rings is 1. The van der Waals surface area contributed by atoms with E-state index in [-0.39, 0.29) is 0 Å². The maximum atomic E-state index is 9.19. The van der Waals surface area contributed by atoms with Crippen LogP contribution in [0.25, 0.3) is 0 Å². The van der Waals surface area contributed by atoms with E-state index in [4.69, 9.17) is 0 Å². The Labute approximate surface area is 104 Å². The van der Waals surface area contributed by atoms with E-state index in [9.17, 15) is 5.11 Å². The first-order valence-electron chi connectivity index (χ1n) is 5.98. The second-order valence-electron chi connectivity index (χ2n) is 4.28. The summed E-state index contributed by atoms with van der Waals surface area (Å²) in [5, 5.41) is 12.4. The minimum atomic E-state index is 0.320. The highest BCUT2D eigenvalue weighted by molar-refractivity contribution is 5.26. The zero-order valence-corrected chi connectivity index (χ0v) is 10.6. The number of rotatable bonds is 6. The van der Waals surface area contributed by atoms with Crippen molar-refractivity contribution in [1.29, 1.82) is 0 Å². The van der Waals surface area contributed by atoms with Gasteiger partial charge in [0.25, 0.3) is 0 Å². The van der Waals surface area contributed by atoms with Crippen molar-refractivity contribution < 1.29 is 5.11 Å². The predicted octanol–water partition coefficient (Wildman–Crippen LogP) is 3.60. The quantitative estimate of drug-likeness (QED) is 0.784. The van der Waals surface area contributed by atoms with Crippen LogP contribution in [-0.2, 0) is 6.42 Å². The summed E-state index contributed by atoms with van der Waals surface area (Å²) < 4.78 is 0. The number of nitrogens with one attached hydrogen (secondary N) is 1. The molecule has 0 aliphatic heterocycles. The summed E-state index contributed by atoms with van der Waals surface area (Å²) in [4.78, 5) is 0. The van der Waals surface area contributed by atoms with Gasteiger partial charge in [-0.1, -0.05) is 31.7 Å². The van der Waals surface area contributed by atoms with Gasteiger partial charge in [0, 0.05) is 5.70 Å². The van der Waals surface area contributed by atoms with Crippen molar-refractivity contribution in [2.75, 3.05) is 0 Å². The lowest BCUT2D eigenvalue weighted by Crippen LogP contribution is -2.12. The molecule has 0 spiro atoms. The van der Waals surface area contributed by atoms with E-state index in [2.05, 4.69) is 18.8 Å². The zero-order chi connectivity index (χ0) is 12.7. The van der Waals surface area contributed by atoms with Gasteiger partial charge in [-0.05, 0) is 49.6 Å². The molecule has 0 saturated carbocycles. The van der Waals surface area contributed by atoms with Gasteiger partial charge in [-0.25, -0.2) is 0 Å². The number of aromatic hydroxyl groups is 1. The van der Waals surface area contributed by atoms with E-state index in [1.807, 2.05) is 31.3 Å². The summed E-state index contributed by atoms with van der Waals surface area (Å²) in [5.41, 5.74) is 2.29. The van der Waals surface area contributed by atoms with Gasteiger partial charge in [-0.15, -0.1) is 0 Å². The molecule has 2 N–H and O–H groups in total. The van der Waals surface area contributed by atoms with Gasteiger partial charge < -0.3 is 10.4 Å². The van der Waals surface area contributed by atoms with Gasteiger partial charge in [-0.3, -0.25) is 0 Å². The van der Waals surface area contributed by atoms with Crippen LogP contribution in [0.4, 0.5) is 0 Å². The number of allylic oxidation sites excluding steroid dienone is 2. The van der Waals surface area contributed by atoms with E-state index in [0.717, 1.165) is 18.5 Å². The molecule has 0 unspecified atom stereocenters. The van der Waals surface area contributed by atoms with Crippen molar-refractivity contribution >= 4 is 0 Å². The highest BCUT2D eigenvalue weighted by Gasteiger charge is 2.05. The lowest BCUT2D eigenvalue weighted by molar-refractivity contribution is 0.475. The van der Waals surface area contributed by atoms with Crippen molar-refractivity contribution in [1.82, 2.24) is 5.32 Å². The van der Waals surface area contributed by atoms with Crippen molar-refractivity contribution in [2.45, 2.75) is 26.7 Å². The summed E-state index contributed by atoms with van der Waals surface area (Å²) in [6.45, 7) is 8.16. The van der Waals surface area contributed by atoms with Gasteiger partial charge in [0.05, 0.1) is 0 Å². The van der Waals surface area contributed by atoms with E-state index in [1.165, 1.54) is 5.56 Å². The first kappa shape index (κ1) is 13.4. The van der Waals surface area contributed by atoms with Gasteiger partial charge >= 0.3 is 0 Å². The summed E-state index contributed by atoms with van der Waals surface area (Å²) in [6.07, 6.45) is 5.91. The van der Waals surface area contributed by atoms with E-state index in [1.54, 1.807) is 12.1 Å². The molecule has 1 atom stereocenters. The molecule has 0 saturated heterocycles. The normalized spacial score (nSPS) is 12.6. The van der Waals surface area contributed by atoms with Crippen LogP contribution in [0.3, 0.4) is 0 Å². The van der Waals surface area contributed by atoms with Crippen LogP contribution in [0.1, 0.15) is 25.8 Å². The lowest BCUT2D eigenvalue weighted by atomic mass is 9.99. The molecular weight excluding hydrogens is 210 g/mol. The van der Waals surface area contributed by atoms with Crippen LogP contribution in [0.5, 0.6) is 5.75 Å². The fourth-order valence-corrected chi connectivity index (χ4v) is 1.55. The zero-order valence-electron chi connectivity index (χ0n) is 10.6. The maximum absolute atomic E-state index is 9.19. The van der Waals surface area contributed by atoms with Crippen molar-refractivity contribution in [3.05, 3.63) is 54.4 Å². The third kappa shape index (κ3) is 4.77. The molecule has 2 heteroatoms. The molecule has 0 heterocycles. The standard InChI is InChI=1S/C15H21NO/c1-4-11-16-13(3)12(2)5-6-14-7-9-15(17)10-8-14/h4,7-12,16-17H,3,5-6H2,1-2H3/b11-4-/t12-/m0/s1. The van der Waals surface area contributed by atoms with Crippen molar-refractivity contribution in [3.63, 3.8) is 0 Å². The van der Waals surface area contributed by atoms with Crippen LogP contribution >= 0.6 is 0 Å². The van der Waals surface area contributed by atoms with E-state index >= 15 is 0 Å². The molecule has 1 aromatic rings. The van der Waals surface area contributed by atoms with Crippen LogP contribution in [0.2, 0.25) is 0 Å². The van der Waals surface area contributed by atoms with E-state index in [0.29, 0.717) is 11.7 Å². The largest absolute Gasteiger partial charge is 0.508 e. The number of phenols is 1. The van der Waals surface area contributed by atoms with Gasteiger partial charge in [0.1, 0.15) is 5.75 Å². The second-order valence-corrected chi connectivity index (χ2v) is 4.28. The monoisotopic (exact) mass is 231 g/mol. The predicted molar refractivity (Wildman–Crippen MR) is 72.7 cm³/mol. The molecule has 2 nitrogen and oxygen atoms in total. The molecule has 92 valence electrons. The number of hydrogen-bond donors (Lipinski definition) is 2. The Bertz CT molecular complexity index is 378. The highest BCUT2D eigenvalue weighted by atomic mass is 16.3. The lowest BCUT2D eigenvalue weighted by Gasteiger charge is -2.14. The summed E-state index contributed by atoms with van der Waals surface area (Å²) in [5.74, 6) is 0.751. The average Bonchev–Trinajstić information content (AvgIpc) is 2.34. The molecule has 1 rings (SSSR count). The minimum Gasteiger partial charge on any atom is -0.508 e. The van der Waals surface area contributed by atoms with Crippen LogP contribution < -0.4 is 5.32 Å².